The summed E-state index contributed by atoms with van der Waals surface area (Å²) in [5, 5.41) is 12.5. The van der Waals surface area contributed by atoms with Gasteiger partial charge in [-0.2, -0.15) is 0 Å². The fourth-order valence-corrected chi connectivity index (χ4v) is 2.85. The highest BCUT2D eigenvalue weighted by molar-refractivity contribution is 6.36. The van der Waals surface area contributed by atoms with E-state index in [-0.39, 0.29) is 30.8 Å². The number of halogens is 2. The molecule has 1 aromatic rings. The monoisotopic (exact) mass is 324 g/mol. The second-order valence-corrected chi connectivity index (χ2v) is 5.71. The smallest absolute Gasteiger partial charge is 0.353 e. The fourth-order valence-electron chi connectivity index (χ4n) is 2.85. The van der Waals surface area contributed by atoms with Gasteiger partial charge in [-0.3, -0.25) is 4.79 Å². The van der Waals surface area contributed by atoms with Gasteiger partial charge in [0.05, 0.1) is 5.56 Å². The van der Waals surface area contributed by atoms with Gasteiger partial charge in [0.25, 0.3) is 5.91 Å². The number of aliphatic carboxylic acids is 1. The van der Waals surface area contributed by atoms with E-state index in [4.69, 9.17) is 9.94 Å². The van der Waals surface area contributed by atoms with Crippen LogP contribution in [0.4, 0.5) is 8.78 Å². The van der Waals surface area contributed by atoms with Crippen LogP contribution in [0.5, 0.6) is 0 Å². The summed E-state index contributed by atoms with van der Waals surface area (Å²) < 4.78 is 26.6. The van der Waals surface area contributed by atoms with E-state index in [0.29, 0.717) is 18.9 Å². The zero-order chi connectivity index (χ0) is 16.6. The van der Waals surface area contributed by atoms with Gasteiger partial charge in [-0.15, -0.1) is 0 Å². The van der Waals surface area contributed by atoms with Gasteiger partial charge in [-0.05, 0) is 12.1 Å². The molecule has 0 unspecified atom stereocenters. The van der Waals surface area contributed by atoms with Crippen molar-refractivity contribution in [2.24, 2.45) is 5.16 Å². The van der Waals surface area contributed by atoms with Crippen molar-refractivity contribution in [2.75, 3.05) is 13.1 Å². The number of likely N-dealkylation sites (tertiary alicyclic amines) is 1. The highest BCUT2D eigenvalue weighted by atomic mass is 19.1. The molecule has 0 radical (unpaired) electrons. The lowest BCUT2D eigenvalue weighted by atomic mass is 9.86. The zero-order valence-corrected chi connectivity index (χ0v) is 12.1. The first kappa shape index (κ1) is 15.4. The van der Waals surface area contributed by atoms with Crippen LogP contribution >= 0.6 is 0 Å². The van der Waals surface area contributed by atoms with Gasteiger partial charge >= 0.3 is 5.97 Å². The lowest BCUT2D eigenvalue weighted by molar-refractivity contribution is -0.129. The number of oxime groups is 1. The molecule has 1 amide bonds. The number of amides is 1. The van der Waals surface area contributed by atoms with Gasteiger partial charge in [0.2, 0.25) is 0 Å². The summed E-state index contributed by atoms with van der Waals surface area (Å²) >= 11 is 0. The van der Waals surface area contributed by atoms with Gasteiger partial charge in [-0.25, -0.2) is 13.6 Å². The second kappa shape index (κ2) is 5.60. The molecule has 2 heterocycles. The summed E-state index contributed by atoms with van der Waals surface area (Å²) in [4.78, 5) is 29.9. The van der Waals surface area contributed by atoms with Crippen LogP contribution in [0.25, 0.3) is 0 Å². The van der Waals surface area contributed by atoms with Crippen LogP contribution in [0, 0.1) is 11.6 Å². The molecular weight excluding hydrogens is 310 g/mol. The Morgan fingerprint density at radius 1 is 1.26 bits per heavy atom. The Morgan fingerprint density at radius 3 is 2.52 bits per heavy atom. The molecule has 1 N–H and O–H groups in total. The minimum Gasteiger partial charge on any atom is -0.477 e. The van der Waals surface area contributed by atoms with Crippen LogP contribution in [0.1, 0.15) is 29.6 Å². The predicted molar refractivity (Wildman–Crippen MR) is 75.0 cm³/mol. The van der Waals surface area contributed by atoms with Gasteiger partial charge in [0.1, 0.15) is 17.2 Å². The minimum absolute atomic E-state index is 0.0330. The van der Waals surface area contributed by atoms with E-state index in [1.54, 1.807) is 0 Å². The van der Waals surface area contributed by atoms with Crippen LogP contribution in [0.3, 0.4) is 0 Å². The number of rotatable bonds is 2. The van der Waals surface area contributed by atoms with Crippen LogP contribution in [-0.2, 0) is 9.63 Å². The average Bonchev–Trinajstić information content (AvgIpc) is 2.92. The number of carbonyl (C=O) groups is 2. The van der Waals surface area contributed by atoms with Gasteiger partial charge < -0.3 is 14.8 Å². The van der Waals surface area contributed by atoms with Crippen molar-refractivity contribution in [2.45, 2.75) is 24.9 Å². The number of carboxylic acids is 1. The van der Waals surface area contributed by atoms with E-state index in [0.717, 1.165) is 12.1 Å². The maximum atomic E-state index is 13.7. The molecule has 0 bridgehead atoms. The molecule has 2 aliphatic rings. The summed E-state index contributed by atoms with van der Waals surface area (Å²) in [5.74, 6) is -3.28. The van der Waals surface area contributed by atoms with E-state index >= 15 is 0 Å². The fraction of sp³-hybridized carbons (Fsp3) is 0.400. The molecule has 0 aliphatic carbocycles. The summed E-state index contributed by atoms with van der Waals surface area (Å²) in [6.07, 6.45) is 0.999. The standard InChI is InChI=1S/C15H14F2N2O4/c16-9-1-2-10(11(17)7-9)13(20)19-5-3-15(4-6-19)8-12(14(21)22)18-23-15/h1-2,7H,3-6,8H2,(H,21,22). The molecule has 6 nitrogen and oxygen atoms in total. The summed E-state index contributed by atoms with van der Waals surface area (Å²) in [7, 11) is 0. The van der Waals surface area contributed by atoms with E-state index in [9.17, 15) is 18.4 Å². The minimum atomic E-state index is -1.12. The Morgan fingerprint density at radius 2 is 1.96 bits per heavy atom. The van der Waals surface area contributed by atoms with Crippen LogP contribution in [0.15, 0.2) is 23.4 Å². The van der Waals surface area contributed by atoms with Crippen molar-refractivity contribution >= 4 is 17.6 Å². The molecule has 2 aliphatic heterocycles. The van der Waals surface area contributed by atoms with Crippen LogP contribution in [0.2, 0.25) is 0 Å². The highest BCUT2D eigenvalue weighted by Crippen LogP contribution is 2.35. The molecule has 1 aromatic carbocycles. The molecule has 23 heavy (non-hydrogen) atoms. The number of hydrogen-bond acceptors (Lipinski definition) is 4. The summed E-state index contributed by atoms with van der Waals surface area (Å²) in [6.45, 7) is 0.580. The zero-order valence-electron chi connectivity index (χ0n) is 12.1. The molecule has 0 atom stereocenters. The van der Waals surface area contributed by atoms with Crippen molar-refractivity contribution in [3.8, 4) is 0 Å². The molecule has 1 fully saturated rings. The van der Waals surface area contributed by atoms with Crippen molar-refractivity contribution in [1.82, 2.24) is 4.90 Å². The summed E-state index contributed by atoms with van der Waals surface area (Å²) in [6, 6.07) is 2.83. The van der Waals surface area contributed by atoms with Crippen molar-refractivity contribution in [1.29, 1.82) is 0 Å². The molecular formula is C15H14F2N2O4. The first-order chi connectivity index (χ1) is 10.9. The van der Waals surface area contributed by atoms with Crippen molar-refractivity contribution in [3.63, 3.8) is 0 Å². The van der Waals surface area contributed by atoms with Crippen molar-refractivity contribution in [3.05, 3.63) is 35.4 Å². The number of benzene rings is 1. The second-order valence-electron chi connectivity index (χ2n) is 5.71. The van der Waals surface area contributed by atoms with Gasteiger partial charge in [0.15, 0.2) is 5.71 Å². The SMILES string of the molecule is O=C(O)C1=NOC2(CCN(C(=O)c3ccc(F)cc3F)CC2)C1. The number of piperidine rings is 1. The molecule has 3 rings (SSSR count). The molecule has 122 valence electrons. The van der Waals surface area contributed by atoms with Crippen LogP contribution in [-0.4, -0.2) is 46.3 Å². The number of nitrogens with zero attached hydrogens (tertiary/aromatic N) is 2. The Kier molecular flexibility index (Phi) is 3.75. The van der Waals surface area contributed by atoms with Gasteiger partial charge in [0, 0.05) is 38.4 Å². The number of carbonyl (C=O) groups excluding carboxylic acids is 1. The number of carboxylic acid groups (broad SMARTS) is 1. The van der Waals surface area contributed by atoms with Crippen LogP contribution < -0.4 is 0 Å². The molecule has 0 aromatic heterocycles. The van der Waals surface area contributed by atoms with Crippen molar-refractivity contribution < 1.29 is 28.3 Å². The average molecular weight is 324 g/mol. The quantitative estimate of drug-likeness (QED) is 0.900. The maximum absolute atomic E-state index is 13.7. The van der Waals surface area contributed by atoms with E-state index in [2.05, 4.69) is 5.16 Å². The number of hydrogen-bond donors (Lipinski definition) is 1. The first-order valence-corrected chi connectivity index (χ1v) is 7.13. The van der Waals surface area contributed by atoms with Gasteiger partial charge in [-0.1, -0.05) is 5.16 Å². The van der Waals surface area contributed by atoms with E-state index in [1.807, 2.05) is 0 Å². The molecule has 1 saturated heterocycles. The van der Waals surface area contributed by atoms with E-state index < -0.39 is 29.1 Å². The lowest BCUT2D eigenvalue weighted by Gasteiger charge is -2.37. The lowest BCUT2D eigenvalue weighted by Crippen LogP contribution is -2.47. The molecule has 0 saturated carbocycles. The Hall–Kier alpha value is -2.51. The molecule has 1 spiro atoms. The largest absolute Gasteiger partial charge is 0.477 e. The molecule has 8 heteroatoms. The Bertz CT molecular complexity index is 697. The third-order valence-corrected chi connectivity index (χ3v) is 4.21. The highest BCUT2D eigenvalue weighted by Gasteiger charge is 2.44. The normalized spacial score (nSPS) is 19.4. The Balaban J connectivity index is 1.65. The third kappa shape index (κ3) is 2.88. The predicted octanol–water partition coefficient (Wildman–Crippen LogP) is 1.80. The van der Waals surface area contributed by atoms with E-state index in [1.165, 1.54) is 4.90 Å². The maximum Gasteiger partial charge on any atom is 0.353 e. The topological polar surface area (TPSA) is 79.2 Å². The Labute approximate surface area is 130 Å². The summed E-state index contributed by atoms with van der Waals surface area (Å²) in [5.41, 5.74) is -0.919. The third-order valence-electron chi connectivity index (χ3n) is 4.21. The first-order valence-electron chi connectivity index (χ1n) is 7.13.